The molecule has 0 saturated carbocycles. The van der Waals surface area contributed by atoms with Gasteiger partial charge in [-0.2, -0.15) is 0 Å². The minimum Gasteiger partial charge on any atom is -0.423 e. The van der Waals surface area contributed by atoms with E-state index in [-0.39, 0.29) is 11.9 Å². The van der Waals surface area contributed by atoms with Crippen molar-refractivity contribution in [2.75, 3.05) is 18.4 Å². The highest BCUT2D eigenvalue weighted by atomic mass is 16.4. The van der Waals surface area contributed by atoms with Crippen molar-refractivity contribution in [3.05, 3.63) is 59.2 Å². The number of hydrogen-bond donors (Lipinski definition) is 4. The van der Waals surface area contributed by atoms with Crippen LogP contribution in [0, 0.1) is 0 Å². The summed E-state index contributed by atoms with van der Waals surface area (Å²) in [6.45, 7) is 2.03. The van der Waals surface area contributed by atoms with Crippen LogP contribution in [-0.2, 0) is 17.8 Å². The zero-order valence-corrected chi connectivity index (χ0v) is 16.6. The number of piperidine rings is 1. The van der Waals surface area contributed by atoms with Gasteiger partial charge in [0.1, 0.15) is 6.04 Å². The van der Waals surface area contributed by atoms with Gasteiger partial charge in [-0.1, -0.05) is 42.5 Å². The number of nitrogens with two attached hydrogens (primary N) is 1. The van der Waals surface area contributed by atoms with Gasteiger partial charge in [0.2, 0.25) is 5.91 Å². The number of para-hydroxylation sites is 1. The van der Waals surface area contributed by atoms with E-state index in [4.69, 9.17) is 5.73 Å². The van der Waals surface area contributed by atoms with E-state index < -0.39 is 7.12 Å². The van der Waals surface area contributed by atoms with Crippen molar-refractivity contribution in [2.45, 2.75) is 44.2 Å². The number of anilines is 1. The number of hydrogen-bond acceptors (Lipinski definition) is 5. The first kappa shape index (κ1) is 19.9. The molecule has 0 spiro atoms. The third-order valence-corrected chi connectivity index (χ3v) is 6.24. The number of carbonyl (C=O) groups is 1. The van der Waals surface area contributed by atoms with Crippen LogP contribution in [0.2, 0.25) is 0 Å². The molecule has 4 rings (SSSR count). The molecular formula is C22H28BN3O3. The Morgan fingerprint density at radius 1 is 1.14 bits per heavy atom. The minimum absolute atomic E-state index is 0.104. The zero-order valence-electron chi connectivity index (χ0n) is 16.6. The van der Waals surface area contributed by atoms with Crippen molar-refractivity contribution in [2.24, 2.45) is 5.73 Å². The highest BCUT2D eigenvalue weighted by Gasteiger charge is 2.32. The quantitative estimate of drug-likeness (QED) is 0.580. The molecule has 29 heavy (non-hydrogen) atoms. The van der Waals surface area contributed by atoms with Crippen LogP contribution >= 0.6 is 0 Å². The second-order valence-corrected chi connectivity index (χ2v) is 8.04. The zero-order chi connectivity index (χ0) is 20.4. The molecule has 0 aliphatic carbocycles. The van der Waals surface area contributed by atoms with E-state index in [1.165, 1.54) is 5.56 Å². The number of likely N-dealkylation sites (tertiary alicyclic amines) is 1. The molecule has 2 aromatic rings. The van der Waals surface area contributed by atoms with E-state index in [0.717, 1.165) is 49.9 Å². The molecule has 7 heteroatoms. The third-order valence-electron chi connectivity index (χ3n) is 6.24. The van der Waals surface area contributed by atoms with Crippen LogP contribution in [0.4, 0.5) is 5.69 Å². The summed E-state index contributed by atoms with van der Waals surface area (Å²) in [7, 11) is -1.55. The normalized spacial score (nSPS) is 19.4. The average Bonchev–Trinajstić information content (AvgIpc) is 2.77. The first-order valence-corrected chi connectivity index (χ1v) is 10.4. The van der Waals surface area contributed by atoms with Crippen LogP contribution in [0.25, 0.3) is 0 Å². The number of aryl methyl sites for hydroxylation is 1. The monoisotopic (exact) mass is 393 g/mol. The summed E-state index contributed by atoms with van der Waals surface area (Å²) >= 11 is 0. The molecule has 1 amide bonds. The average molecular weight is 393 g/mol. The molecular weight excluding hydrogens is 365 g/mol. The molecule has 5 N–H and O–H groups in total. The second-order valence-electron chi connectivity index (χ2n) is 8.04. The first-order valence-electron chi connectivity index (χ1n) is 10.4. The maximum Gasteiger partial charge on any atom is 0.490 e. The fourth-order valence-electron chi connectivity index (χ4n) is 4.58. The van der Waals surface area contributed by atoms with E-state index in [0.29, 0.717) is 23.6 Å². The number of nitrogens with zero attached hydrogens (tertiary/aromatic N) is 1. The molecule has 1 fully saturated rings. The van der Waals surface area contributed by atoms with Gasteiger partial charge in [-0.05, 0) is 48.3 Å². The highest BCUT2D eigenvalue weighted by molar-refractivity contribution is 6.60. The lowest BCUT2D eigenvalue weighted by atomic mass is 9.76. The summed E-state index contributed by atoms with van der Waals surface area (Å²) in [5, 5.41) is 22.6. The Labute approximate surface area is 171 Å². The Kier molecular flexibility index (Phi) is 5.90. The number of rotatable bonds is 4. The van der Waals surface area contributed by atoms with Crippen molar-refractivity contribution in [1.29, 1.82) is 0 Å². The Balaban J connectivity index is 1.40. The van der Waals surface area contributed by atoms with Crippen LogP contribution in [0.1, 0.15) is 41.9 Å². The predicted octanol–water partition coefficient (Wildman–Crippen LogP) is 0.958. The highest BCUT2D eigenvalue weighted by Crippen LogP contribution is 2.30. The van der Waals surface area contributed by atoms with Crippen LogP contribution in [0.5, 0.6) is 0 Å². The fourth-order valence-corrected chi connectivity index (χ4v) is 4.58. The van der Waals surface area contributed by atoms with E-state index in [9.17, 15) is 14.8 Å². The predicted molar refractivity (Wildman–Crippen MR) is 115 cm³/mol. The SMILES string of the molecule is NCc1cccc(C2CCN(C(=O)C3CCc4cccc(B(O)O)c4N3)CC2)c1. The van der Waals surface area contributed by atoms with Gasteiger partial charge in [0.05, 0.1) is 0 Å². The Hall–Kier alpha value is -2.35. The molecule has 0 radical (unpaired) electrons. The summed E-state index contributed by atoms with van der Waals surface area (Å²) in [5.74, 6) is 0.564. The second kappa shape index (κ2) is 8.57. The molecule has 0 aromatic heterocycles. The number of carbonyl (C=O) groups excluding carboxylic acids is 1. The summed E-state index contributed by atoms with van der Waals surface area (Å²) in [4.78, 5) is 15.1. The topological polar surface area (TPSA) is 98.8 Å². The van der Waals surface area contributed by atoms with Crippen molar-refractivity contribution >= 4 is 24.2 Å². The van der Waals surface area contributed by atoms with Crippen LogP contribution < -0.4 is 16.5 Å². The maximum absolute atomic E-state index is 13.1. The Morgan fingerprint density at radius 2 is 1.90 bits per heavy atom. The lowest BCUT2D eigenvalue weighted by Crippen LogP contribution is -2.49. The van der Waals surface area contributed by atoms with E-state index in [1.54, 1.807) is 6.07 Å². The van der Waals surface area contributed by atoms with Gasteiger partial charge in [-0.25, -0.2) is 0 Å². The van der Waals surface area contributed by atoms with E-state index >= 15 is 0 Å². The van der Waals surface area contributed by atoms with Crippen LogP contribution in [0.3, 0.4) is 0 Å². The van der Waals surface area contributed by atoms with Crippen molar-refractivity contribution in [3.63, 3.8) is 0 Å². The van der Waals surface area contributed by atoms with Crippen molar-refractivity contribution in [3.8, 4) is 0 Å². The van der Waals surface area contributed by atoms with Crippen molar-refractivity contribution < 1.29 is 14.8 Å². The third kappa shape index (κ3) is 4.17. The number of nitrogens with one attached hydrogen (secondary N) is 1. The molecule has 2 aromatic carbocycles. The largest absolute Gasteiger partial charge is 0.490 e. The number of fused-ring (bicyclic) bond motifs is 1. The summed E-state index contributed by atoms with van der Waals surface area (Å²) in [6, 6.07) is 13.6. The first-order chi connectivity index (χ1) is 14.1. The Morgan fingerprint density at radius 3 is 2.62 bits per heavy atom. The smallest absolute Gasteiger partial charge is 0.423 e. The van der Waals surface area contributed by atoms with E-state index in [2.05, 4.69) is 23.5 Å². The molecule has 2 aliphatic heterocycles. The van der Waals surface area contributed by atoms with Crippen LogP contribution in [-0.4, -0.2) is 47.1 Å². The van der Waals surface area contributed by atoms with E-state index in [1.807, 2.05) is 23.1 Å². The molecule has 6 nitrogen and oxygen atoms in total. The fraction of sp³-hybridized carbons (Fsp3) is 0.409. The van der Waals surface area contributed by atoms with Gasteiger partial charge >= 0.3 is 7.12 Å². The standard InChI is InChI=1S/C22H28BN3O3/c24-14-15-3-1-5-18(13-15)16-9-11-26(12-10-16)22(27)20-8-7-17-4-2-6-19(23(28)29)21(17)25-20/h1-6,13,16,20,25,28-29H,7-12,14,24H2. The van der Waals surface area contributed by atoms with Gasteiger partial charge < -0.3 is 26.0 Å². The van der Waals surface area contributed by atoms with Crippen LogP contribution in [0.15, 0.2) is 42.5 Å². The lowest BCUT2D eigenvalue weighted by Gasteiger charge is -2.36. The molecule has 0 bridgehead atoms. The van der Waals surface area contributed by atoms with Crippen molar-refractivity contribution in [1.82, 2.24) is 4.90 Å². The van der Waals surface area contributed by atoms with Gasteiger partial charge in [-0.3, -0.25) is 4.79 Å². The summed E-state index contributed by atoms with van der Waals surface area (Å²) in [6.07, 6.45) is 3.37. The summed E-state index contributed by atoms with van der Waals surface area (Å²) < 4.78 is 0. The van der Waals surface area contributed by atoms with Gasteiger partial charge in [0.15, 0.2) is 0 Å². The van der Waals surface area contributed by atoms with Gasteiger partial charge in [-0.15, -0.1) is 0 Å². The van der Waals surface area contributed by atoms with Gasteiger partial charge in [0.25, 0.3) is 0 Å². The van der Waals surface area contributed by atoms with Gasteiger partial charge in [0, 0.05) is 30.8 Å². The number of amides is 1. The summed E-state index contributed by atoms with van der Waals surface area (Å²) in [5.41, 5.74) is 10.4. The molecule has 2 heterocycles. The molecule has 1 atom stereocenters. The number of benzene rings is 2. The Bertz CT molecular complexity index is 881. The molecule has 1 saturated heterocycles. The maximum atomic E-state index is 13.1. The molecule has 1 unspecified atom stereocenters. The molecule has 2 aliphatic rings. The minimum atomic E-state index is -1.55. The molecule has 152 valence electrons. The lowest BCUT2D eigenvalue weighted by molar-refractivity contribution is -0.133.